The molecule has 6 nitrogen and oxygen atoms in total. The SMILES string of the molecule is O=C(O)c1cc2c3c(ccc2[nH]1)OCC(CO)O3. The van der Waals surface area contributed by atoms with E-state index in [2.05, 4.69) is 4.98 Å². The van der Waals surface area contributed by atoms with Crippen LogP contribution in [-0.4, -0.2) is 40.5 Å². The van der Waals surface area contributed by atoms with Gasteiger partial charge >= 0.3 is 5.97 Å². The number of fused-ring (bicyclic) bond motifs is 3. The number of ether oxygens (including phenoxy) is 2. The van der Waals surface area contributed by atoms with Gasteiger partial charge in [0.1, 0.15) is 12.3 Å². The number of aliphatic hydroxyl groups excluding tert-OH is 1. The molecule has 1 aliphatic rings. The van der Waals surface area contributed by atoms with Crippen molar-refractivity contribution in [2.75, 3.05) is 13.2 Å². The van der Waals surface area contributed by atoms with Gasteiger partial charge in [0.2, 0.25) is 0 Å². The van der Waals surface area contributed by atoms with E-state index in [1.807, 2.05) is 0 Å². The van der Waals surface area contributed by atoms with Crippen molar-refractivity contribution in [2.45, 2.75) is 6.10 Å². The van der Waals surface area contributed by atoms with Crippen molar-refractivity contribution in [2.24, 2.45) is 0 Å². The molecule has 0 bridgehead atoms. The Morgan fingerprint density at radius 1 is 1.50 bits per heavy atom. The van der Waals surface area contributed by atoms with Crippen LogP contribution in [0.15, 0.2) is 18.2 Å². The van der Waals surface area contributed by atoms with Crippen LogP contribution >= 0.6 is 0 Å². The van der Waals surface area contributed by atoms with E-state index in [0.717, 1.165) is 0 Å². The number of rotatable bonds is 2. The number of aromatic carboxylic acids is 1. The van der Waals surface area contributed by atoms with Gasteiger partial charge in [-0.1, -0.05) is 0 Å². The van der Waals surface area contributed by atoms with Crippen molar-refractivity contribution >= 4 is 16.9 Å². The summed E-state index contributed by atoms with van der Waals surface area (Å²) < 4.78 is 11.1. The van der Waals surface area contributed by atoms with Crippen LogP contribution in [0.5, 0.6) is 11.5 Å². The molecular formula is C12H11NO5. The van der Waals surface area contributed by atoms with Gasteiger partial charge in [0, 0.05) is 5.39 Å². The molecule has 0 saturated carbocycles. The normalized spacial score (nSPS) is 17.9. The largest absolute Gasteiger partial charge is 0.486 e. The number of carbonyl (C=O) groups is 1. The summed E-state index contributed by atoms with van der Waals surface area (Å²) in [6.45, 7) is 0.136. The third-order valence-electron chi connectivity index (χ3n) is 2.86. The Morgan fingerprint density at radius 2 is 2.33 bits per heavy atom. The molecule has 3 rings (SSSR count). The zero-order chi connectivity index (χ0) is 12.7. The number of carboxylic acid groups (broad SMARTS) is 1. The Bertz CT molecular complexity index is 618. The molecule has 1 aliphatic heterocycles. The first-order valence-corrected chi connectivity index (χ1v) is 5.48. The second-order valence-electron chi connectivity index (χ2n) is 4.08. The molecule has 1 atom stereocenters. The minimum Gasteiger partial charge on any atom is -0.486 e. The van der Waals surface area contributed by atoms with Crippen LogP contribution in [0.25, 0.3) is 10.9 Å². The van der Waals surface area contributed by atoms with E-state index in [1.165, 1.54) is 6.07 Å². The lowest BCUT2D eigenvalue weighted by Gasteiger charge is -2.25. The van der Waals surface area contributed by atoms with E-state index in [9.17, 15) is 4.79 Å². The first kappa shape index (κ1) is 10.9. The van der Waals surface area contributed by atoms with Crippen LogP contribution < -0.4 is 9.47 Å². The van der Waals surface area contributed by atoms with E-state index in [0.29, 0.717) is 22.4 Å². The fraction of sp³-hybridized carbons (Fsp3) is 0.250. The van der Waals surface area contributed by atoms with Crippen LogP contribution in [0.1, 0.15) is 10.5 Å². The second kappa shape index (κ2) is 3.92. The predicted octanol–water partition coefficient (Wildman–Crippen LogP) is 0.998. The summed E-state index contributed by atoms with van der Waals surface area (Å²) in [6, 6.07) is 4.95. The molecule has 0 aliphatic carbocycles. The Labute approximate surface area is 102 Å². The third-order valence-corrected chi connectivity index (χ3v) is 2.86. The molecule has 0 fully saturated rings. The maximum atomic E-state index is 10.9. The smallest absolute Gasteiger partial charge is 0.352 e. The monoisotopic (exact) mass is 249 g/mol. The summed E-state index contributed by atoms with van der Waals surface area (Å²) in [5.74, 6) is 0.0000692. The number of nitrogens with one attached hydrogen (secondary N) is 1. The van der Waals surface area contributed by atoms with Crippen LogP contribution in [0.4, 0.5) is 0 Å². The van der Waals surface area contributed by atoms with E-state index < -0.39 is 12.1 Å². The summed E-state index contributed by atoms with van der Waals surface area (Å²) in [5.41, 5.74) is 0.751. The van der Waals surface area contributed by atoms with Crippen molar-refractivity contribution in [3.8, 4) is 11.5 Å². The molecular weight excluding hydrogens is 238 g/mol. The molecule has 2 heterocycles. The molecule has 1 aromatic carbocycles. The molecule has 6 heteroatoms. The zero-order valence-corrected chi connectivity index (χ0v) is 9.34. The molecule has 0 radical (unpaired) electrons. The number of aromatic nitrogens is 1. The third kappa shape index (κ3) is 1.58. The van der Waals surface area contributed by atoms with Gasteiger partial charge in [-0.2, -0.15) is 0 Å². The molecule has 0 amide bonds. The molecule has 0 spiro atoms. The number of aliphatic hydroxyl groups is 1. The topological polar surface area (TPSA) is 91.8 Å². The molecule has 1 unspecified atom stereocenters. The Kier molecular flexibility index (Phi) is 2.38. The first-order chi connectivity index (χ1) is 8.69. The number of carboxylic acids is 1. The minimum absolute atomic E-state index is 0.0909. The number of benzene rings is 1. The lowest BCUT2D eigenvalue weighted by Crippen LogP contribution is -2.32. The quantitative estimate of drug-likeness (QED) is 0.738. The summed E-state index contributed by atoms with van der Waals surface area (Å²) in [6.07, 6.45) is -0.425. The lowest BCUT2D eigenvalue weighted by atomic mass is 10.2. The molecule has 94 valence electrons. The second-order valence-corrected chi connectivity index (χ2v) is 4.08. The number of hydrogen-bond acceptors (Lipinski definition) is 4. The fourth-order valence-electron chi connectivity index (χ4n) is 1.98. The van der Waals surface area contributed by atoms with E-state index in [-0.39, 0.29) is 18.9 Å². The predicted molar refractivity (Wildman–Crippen MR) is 62.3 cm³/mol. The van der Waals surface area contributed by atoms with Crippen molar-refractivity contribution in [1.29, 1.82) is 0 Å². The maximum Gasteiger partial charge on any atom is 0.352 e. The van der Waals surface area contributed by atoms with Crippen LogP contribution in [0.2, 0.25) is 0 Å². The average molecular weight is 249 g/mol. The lowest BCUT2D eigenvalue weighted by molar-refractivity contribution is 0.0472. The zero-order valence-electron chi connectivity index (χ0n) is 9.34. The molecule has 2 aromatic rings. The van der Waals surface area contributed by atoms with Crippen molar-refractivity contribution in [1.82, 2.24) is 4.98 Å². The highest BCUT2D eigenvalue weighted by Gasteiger charge is 2.23. The van der Waals surface area contributed by atoms with Gasteiger partial charge < -0.3 is 24.7 Å². The summed E-state index contributed by atoms with van der Waals surface area (Å²) in [4.78, 5) is 13.7. The number of H-pyrrole nitrogens is 1. The standard InChI is InChI=1S/C12H11NO5/c14-4-6-5-17-10-2-1-8-7(11(10)18-6)3-9(13-8)12(15)16/h1-3,6,13-14H,4-5H2,(H,15,16). The summed E-state index contributed by atoms with van der Waals surface area (Å²) >= 11 is 0. The minimum atomic E-state index is -1.03. The molecule has 3 N–H and O–H groups in total. The Hall–Kier alpha value is -2.21. The van der Waals surface area contributed by atoms with Crippen LogP contribution in [-0.2, 0) is 0 Å². The van der Waals surface area contributed by atoms with Gasteiger partial charge in [0.05, 0.1) is 12.1 Å². The number of hydrogen-bond donors (Lipinski definition) is 3. The Balaban J connectivity index is 2.15. The van der Waals surface area contributed by atoms with Crippen LogP contribution in [0, 0.1) is 0 Å². The van der Waals surface area contributed by atoms with Gasteiger partial charge in [-0.15, -0.1) is 0 Å². The molecule has 18 heavy (non-hydrogen) atoms. The highest BCUT2D eigenvalue weighted by molar-refractivity contribution is 5.97. The van der Waals surface area contributed by atoms with Gasteiger partial charge in [-0.05, 0) is 18.2 Å². The Morgan fingerprint density at radius 3 is 3.06 bits per heavy atom. The highest BCUT2D eigenvalue weighted by Crippen LogP contribution is 2.39. The van der Waals surface area contributed by atoms with Crippen molar-refractivity contribution in [3.05, 3.63) is 23.9 Å². The average Bonchev–Trinajstić information content (AvgIpc) is 2.82. The van der Waals surface area contributed by atoms with Gasteiger partial charge in [-0.3, -0.25) is 0 Å². The van der Waals surface area contributed by atoms with Crippen LogP contribution in [0.3, 0.4) is 0 Å². The summed E-state index contributed by atoms with van der Waals surface area (Å²) in [5, 5.41) is 18.7. The van der Waals surface area contributed by atoms with E-state index in [4.69, 9.17) is 19.7 Å². The van der Waals surface area contributed by atoms with Crippen molar-refractivity contribution < 1.29 is 24.5 Å². The summed E-state index contributed by atoms with van der Waals surface area (Å²) in [7, 11) is 0. The van der Waals surface area contributed by atoms with E-state index >= 15 is 0 Å². The number of aromatic amines is 1. The fourth-order valence-corrected chi connectivity index (χ4v) is 1.98. The first-order valence-electron chi connectivity index (χ1n) is 5.48. The highest BCUT2D eigenvalue weighted by atomic mass is 16.6. The van der Waals surface area contributed by atoms with Gasteiger partial charge in [-0.25, -0.2) is 4.79 Å². The molecule has 0 saturated heterocycles. The van der Waals surface area contributed by atoms with Crippen molar-refractivity contribution in [3.63, 3.8) is 0 Å². The molecule has 1 aromatic heterocycles. The maximum absolute atomic E-state index is 10.9. The van der Waals surface area contributed by atoms with Gasteiger partial charge in [0.15, 0.2) is 17.6 Å². The van der Waals surface area contributed by atoms with Gasteiger partial charge in [0.25, 0.3) is 0 Å². The van der Waals surface area contributed by atoms with E-state index in [1.54, 1.807) is 12.1 Å².